The number of carbonyl (C=O) groups excluding carboxylic acids is 1. The van der Waals surface area contributed by atoms with E-state index in [2.05, 4.69) is 47.8 Å². The van der Waals surface area contributed by atoms with Gasteiger partial charge in [0.2, 0.25) is 0 Å². The quantitative estimate of drug-likeness (QED) is 0.500. The highest BCUT2D eigenvalue weighted by molar-refractivity contribution is 5.97. The van der Waals surface area contributed by atoms with Crippen molar-refractivity contribution in [1.29, 1.82) is 0 Å². The summed E-state index contributed by atoms with van der Waals surface area (Å²) < 4.78 is 7.32. The lowest BCUT2D eigenvalue weighted by Gasteiger charge is -2.38. The minimum absolute atomic E-state index is 0.107. The standard InChI is InChI=1S/C23H25N3O2.2C3H6/c1-26-20-12-13-23(14-17(20)15-25-26,18-8-4-3-5-9-18)16-24-22(27)19-10-6-7-11-21(19)28-2;2*1-3-2/h3-11,15H,12-14,16H2,1-2H3,(H,24,27);2*3H,1H2,2H3. The molecule has 5 heteroatoms. The molecule has 1 aliphatic carbocycles. The average molecular weight is 460 g/mol. The summed E-state index contributed by atoms with van der Waals surface area (Å²) in [4.78, 5) is 12.9. The third-order valence-electron chi connectivity index (χ3n) is 5.84. The van der Waals surface area contributed by atoms with Gasteiger partial charge in [0.1, 0.15) is 5.75 Å². The Balaban J connectivity index is 0.000000618. The van der Waals surface area contributed by atoms with Crippen molar-refractivity contribution in [3.63, 3.8) is 0 Å². The van der Waals surface area contributed by atoms with Gasteiger partial charge >= 0.3 is 0 Å². The van der Waals surface area contributed by atoms with Gasteiger partial charge in [-0.3, -0.25) is 9.48 Å². The van der Waals surface area contributed by atoms with Crippen molar-refractivity contribution in [2.24, 2.45) is 7.05 Å². The van der Waals surface area contributed by atoms with E-state index in [0.29, 0.717) is 17.9 Å². The Bertz CT molecular complexity index is 1070. The van der Waals surface area contributed by atoms with E-state index in [0.717, 1.165) is 19.3 Å². The third-order valence-corrected chi connectivity index (χ3v) is 5.84. The molecule has 0 aliphatic heterocycles. The Labute approximate surface area is 204 Å². The largest absolute Gasteiger partial charge is 0.496 e. The van der Waals surface area contributed by atoms with Gasteiger partial charge in [0, 0.05) is 24.7 Å². The second kappa shape index (κ2) is 13.2. The molecular formula is C29H37N3O2. The second-order valence-electron chi connectivity index (χ2n) is 8.26. The fraction of sp³-hybridized carbons (Fsp3) is 0.310. The lowest BCUT2D eigenvalue weighted by atomic mass is 9.68. The zero-order valence-corrected chi connectivity index (χ0v) is 20.9. The van der Waals surface area contributed by atoms with Gasteiger partial charge in [-0.25, -0.2) is 0 Å². The predicted molar refractivity (Wildman–Crippen MR) is 140 cm³/mol. The number of hydrogen-bond donors (Lipinski definition) is 1. The van der Waals surface area contributed by atoms with Gasteiger partial charge in [0.05, 0.1) is 18.9 Å². The monoisotopic (exact) mass is 459 g/mol. The molecule has 2 aromatic carbocycles. The molecule has 34 heavy (non-hydrogen) atoms. The van der Waals surface area contributed by atoms with Crippen LogP contribution in [0, 0.1) is 0 Å². The molecule has 0 bridgehead atoms. The first-order chi connectivity index (χ1) is 16.5. The van der Waals surface area contributed by atoms with E-state index in [1.54, 1.807) is 25.3 Å². The van der Waals surface area contributed by atoms with Crippen molar-refractivity contribution in [1.82, 2.24) is 15.1 Å². The number of benzene rings is 2. The Kier molecular flexibility index (Phi) is 10.3. The molecule has 3 aromatic rings. The molecule has 1 heterocycles. The first-order valence-electron chi connectivity index (χ1n) is 11.6. The van der Waals surface area contributed by atoms with Crippen LogP contribution in [0.5, 0.6) is 5.75 Å². The number of carbonyl (C=O) groups is 1. The van der Waals surface area contributed by atoms with Crippen LogP contribution < -0.4 is 10.1 Å². The molecular weight excluding hydrogens is 422 g/mol. The maximum atomic E-state index is 12.9. The summed E-state index contributed by atoms with van der Waals surface area (Å²) in [6.45, 7) is 11.1. The first kappa shape index (κ1) is 26.7. The number of hydrogen-bond acceptors (Lipinski definition) is 3. The molecule has 1 amide bonds. The van der Waals surface area contributed by atoms with Crippen LogP contribution in [0.1, 0.15) is 47.4 Å². The summed E-state index contributed by atoms with van der Waals surface area (Å²) in [6.07, 6.45) is 8.25. The minimum Gasteiger partial charge on any atom is -0.496 e. The molecule has 0 radical (unpaired) electrons. The maximum absolute atomic E-state index is 12.9. The predicted octanol–water partition coefficient (Wildman–Crippen LogP) is 5.67. The van der Waals surface area contributed by atoms with Gasteiger partial charge in [-0.05, 0) is 56.4 Å². The molecule has 0 saturated heterocycles. The van der Waals surface area contributed by atoms with Crippen molar-refractivity contribution in [3.8, 4) is 5.75 Å². The number of rotatable bonds is 5. The SMILES string of the molecule is C=CC.C=CC.COc1ccccc1C(=O)NCC1(c2ccccc2)CCc2c(cnn2C)C1. The van der Waals surface area contributed by atoms with Crippen molar-refractivity contribution in [2.75, 3.05) is 13.7 Å². The van der Waals surface area contributed by atoms with E-state index in [1.165, 1.54) is 16.8 Å². The van der Waals surface area contributed by atoms with Crippen molar-refractivity contribution in [2.45, 2.75) is 38.5 Å². The highest BCUT2D eigenvalue weighted by Gasteiger charge is 2.38. The van der Waals surface area contributed by atoms with Crippen LogP contribution in [-0.4, -0.2) is 29.3 Å². The van der Waals surface area contributed by atoms with Gasteiger partial charge in [-0.2, -0.15) is 5.10 Å². The molecule has 180 valence electrons. The lowest BCUT2D eigenvalue weighted by molar-refractivity contribution is 0.0937. The molecule has 5 nitrogen and oxygen atoms in total. The fourth-order valence-corrected chi connectivity index (χ4v) is 4.26. The van der Waals surface area contributed by atoms with Gasteiger partial charge < -0.3 is 10.1 Å². The first-order valence-corrected chi connectivity index (χ1v) is 11.6. The number of para-hydroxylation sites is 1. The molecule has 0 fully saturated rings. The zero-order chi connectivity index (χ0) is 25.0. The van der Waals surface area contributed by atoms with Crippen LogP contribution in [0.15, 0.2) is 86.1 Å². The topological polar surface area (TPSA) is 56.1 Å². The van der Waals surface area contributed by atoms with Crippen LogP contribution in [0.4, 0.5) is 0 Å². The summed E-state index contributed by atoms with van der Waals surface area (Å²) in [6, 6.07) is 17.8. The Morgan fingerprint density at radius 2 is 1.74 bits per heavy atom. The highest BCUT2D eigenvalue weighted by atomic mass is 16.5. The molecule has 0 saturated carbocycles. The maximum Gasteiger partial charge on any atom is 0.255 e. The summed E-state index contributed by atoms with van der Waals surface area (Å²) in [5.41, 5.74) is 4.23. The highest BCUT2D eigenvalue weighted by Crippen LogP contribution is 2.38. The third kappa shape index (κ3) is 6.47. The summed E-state index contributed by atoms with van der Waals surface area (Å²) in [5.74, 6) is 0.483. The van der Waals surface area contributed by atoms with Gasteiger partial charge in [0.25, 0.3) is 5.91 Å². The van der Waals surface area contributed by atoms with E-state index >= 15 is 0 Å². The number of nitrogens with one attached hydrogen (secondary N) is 1. The molecule has 1 aliphatic rings. The summed E-state index contributed by atoms with van der Waals surface area (Å²) >= 11 is 0. The van der Waals surface area contributed by atoms with Crippen LogP contribution in [0.2, 0.25) is 0 Å². The molecule has 1 unspecified atom stereocenters. The van der Waals surface area contributed by atoms with E-state index < -0.39 is 0 Å². The molecule has 1 aromatic heterocycles. The van der Waals surface area contributed by atoms with Crippen LogP contribution in [-0.2, 0) is 25.3 Å². The minimum atomic E-state index is -0.144. The van der Waals surface area contributed by atoms with Crippen molar-refractivity contribution >= 4 is 5.91 Å². The zero-order valence-electron chi connectivity index (χ0n) is 20.9. The summed E-state index contributed by atoms with van der Waals surface area (Å²) in [5, 5.41) is 7.61. The van der Waals surface area contributed by atoms with Crippen LogP contribution >= 0.6 is 0 Å². The number of amides is 1. The molecule has 1 atom stereocenters. The lowest BCUT2D eigenvalue weighted by Crippen LogP contribution is -2.44. The number of allylic oxidation sites excluding steroid dienone is 2. The average Bonchev–Trinajstić information content (AvgIpc) is 3.23. The molecule has 4 rings (SSSR count). The number of ether oxygens (including phenoxy) is 1. The number of methoxy groups -OCH3 is 1. The Hall–Kier alpha value is -3.60. The van der Waals surface area contributed by atoms with Gasteiger partial charge in [-0.15, -0.1) is 13.2 Å². The second-order valence-corrected chi connectivity index (χ2v) is 8.26. The molecule has 1 N–H and O–H groups in total. The number of fused-ring (bicyclic) bond motifs is 1. The van der Waals surface area contributed by atoms with Crippen LogP contribution in [0.3, 0.4) is 0 Å². The Morgan fingerprint density at radius 3 is 2.38 bits per heavy atom. The van der Waals surface area contributed by atoms with E-state index in [4.69, 9.17) is 4.74 Å². The Morgan fingerprint density at radius 1 is 1.12 bits per heavy atom. The number of aryl methyl sites for hydroxylation is 1. The van der Waals surface area contributed by atoms with Crippen molar-refractivity contribution in [3.05, 3.63) is 108 Å². The van der Waals surface area contributed by atoms with Gasteiger partial charge in [0.15, 0.2) is 0 Å². The normalized spacial score (nSPS) is 15.9. The van der Waals surface area contributed by atoms with E-state index in [9.17, 15) is 4.79 Å². The van der Waals surface area contributed by atoms with Gasteiger partial charge in [-0.1, -0.05) is 54.6 Å². The van der Waals surface area contributed by atoms with Crippen molar-refractivity contribution < 1.29 is 9.53 Å². The number of nitrogens with zero attached hydrogens (tertiary/aromatic N) is 2. The summed E-state index contributed by atoms with van der Waals surface area (Å²) in [7, 11) is 3.58. The smallest absolute Gasteiger partial charge is 0.255 e. The molecule has 0 spiro atoms. The number of aromatic nitrogens is 2. The van der Waals surface area contributed by atoms with Crippen LogP contribution in [0.25, 0.3) is 0 Å². The van der Waals surface area contributed by atoms with E-state index in [1.807, 2.05) is 56.0 Å². The van der Waals surface area contributed by atoms with E-state index in [-0.39, 0.29) is 11.3 Å². The fourth-order valence-electron chi connectivity index (χ4n) is 4.26.